The fraction of sp³-hybridized carbons (Fsp3) is 0.357. The van der Waals surface area contributed by atoms with E-state index in [4.69, 9.17) is 11.6 Å². The Kier molecular flexibility index (Phi) is 5.55. The van der Waals surface area contributed by atoms with Gasteiger partial charge in [0.25, 0.3) is 0 Å². The quantitative estimate of drug-likeness (QED) is 0.636. The zero-order valence-electron chi connectivity index (χ0n) is 11.7. The molecular formula is C14H16ClN3S2. The van der Waals surface area contributed by atoms with Crippen LogP contribution in [0.5, 0.6) is 0 Å². The zero-order chi connectivity index (χ0) is 14.5. The lowest BCUT2D eigenvalue weighted by atomic mass is 10.3. The molecule has 2 rings (SSSR count). The van der Waals surface area contributed by atoms with Crippen molar-refractivity contribution in [1.82, 2.24) is 14.7 Å². The van der Waals surface area contributed by atoms with Crippen LogP contribution in [0.4, 0.5) is 0 Å². The highest BCUT2D eigenvalue weighted by Crippen LogP contribution is 2.32. The van der Waals surface area contributed by atoms with Gasteiger partial charge in [0, 0.05) is 12.7 Å². The molecule has 0 fully saturated rings. The van der Waals surface area contributed by atoms with Crippen molar-refractivity contribution in [2.24, 2.45) is 0 Å². The fourth-order valence-corrected chi connectivity index (χ4v) is 3.41. The zero-order valence-corrected chi connectivity index (χ0v) is 14.1. The van der Waals surface area contributed by atoms with Crippen LogP contribution in [0, 0.1) is 11.8 Å². The Bertz CT molecular complexity index is 634. The van der Waals surface area contributed by atoms with Gasteiger partial charge < -0.3 is 4.90 Å². The summed E-state index contributed by atoms with van der Waals surface area (Å²) in [7, 11) is 4.10. The molecule has 0 bridgehead atoms. The van der Waals surface area contributed by atoms with Gasteiger partial charge >= 0.3 is 0 Å². The fourth-order valence-electron chi connectivity index (χ4n) is 1.53. The van der Waals surface area contributed by atoms with Gasteiger partial charge in [-0.1, -0.05) is 23.4 Å². The minimum absolute atomic E-state index is 0.752. The second kappa shape index (κ2) is 7.19. The van der Waals surface area contributed by atoms with Crippen molar-refractivity contribution in [3.8, 4) is 11.8 Å². The summed E-state index contributed by atoms with van der Waals surface area (Å²) in [6.07, 6.45) is 5.79. The second-order valence-corrected chi connectivity index (χ2v) is 7.26. The van der Waals surface area contributed by atoms with Crippen molar-refractivity contribution in [2.45, 2.75) is 10.8 Å². The maximum atomic E-state index is 6.16. The predicted octanol–water partition coefficient (Wildman–Crippen LogP) is 3.28. The van der Waals surface area contributed by atoms with Crippen LogP contribution in [-0.4, -0.2) is 41.6 Å². The van der Waals surface area contributed by atoms with Gasteiger partial charge in [-0.25, -0.2) is 0 Å². The topological polar surface area (TPSA) is 21.1 Å². The third kappa shape index (κ3) is 4.29. The van der Waals surface area contributed by atoms with Gasteiger partial charge in [-0.15, -0.1) is 23.1 Å². The first-order valence-corrected chi connectivity index (χ1v) is 8.53. The first kappa shape index (κ1) is 15.5. The SMILES string of the molecule is CSc1cc(C#Cc2cnn(CCN(C)C)c2)c(Cl)s1. The van der Waals surface area contributed by atoms with Crippen molar-refractivity contribution in [3.63, 3.8) is 0 Å². The summed E-state index contributed by atoms with van der Waals surface area (Å²) in [5.74, 6) is 6.23. The highest BCUT2D eigenvalue weighted by Gasteiger charge is 2.04. The third-order valence-corrected chi connectivity index (χ3v) is 5.04. The van der Waals surface area contributed by atoms with E-state index in [0.29, 0.717) is 0 Å². The molecule has 0 amide bonds. The Morgan fingerprint density at radius 2 is 2.25 bits per heavy atom. The smallest absolute Gasteiger partial charge is 0.110 e. The predicted molar refractivity (Wildman–Crippen MR) is 87.9 cm³/mol. The molecule has 3 nitrogen and oxygen atoms in total. The van der Waals surface area contributed by atoms with E-state index >= 15 is 0 Å². The van der Waals surface area contributed by atoms with Crippen LogP contribution in [0.15, 0.2) is 22.7 Å². The van der Waals surface area contributed by atoms with Gasteiger partial charge in [-0.2, -0.15) is 5.10 Å². The van der Waals surface area contributed by atoms with E-state index in [9.17, 15) is 0 Å². The number of halogens is 1. The number of rotatable bonds is 4. The molecule has 0 aliphatic heterocycles. The Labute approximate surface area is 132 Å². The largest absolute Gasteiger partial charge is 0.308 e. The minimum Gasteiger partial charge on any atom is -0.308 e. The van der Waals surface area contributed by atoms with E-state index in [2.05, 4.69) is 21.8 Å². The molecule has 0 aliphatic rings. The van der Waals surface area contributed by atoms with E-state index in [1.54, 1.807) is 29.3 Å². The van der Waals surface area contributed by atoms with Crippen LogP contribution >= 0.6 is 34.7 Å². The lowest BCUT2D eigenvalue weighted by Crippen LogP contribution is -2.18. The van der Waals surface area contributed by atoms with E-state index in [1.807, 2.05) is 37.3 Å². The maximum absolute atomic E-state index is 6.16. The second-order valence-electron chi connectivity index (χ2n) is 4.50. The number of hydrogen-bond acceptors (Lipinski definition) is 4. The molecule has 2 heterocycles. The van der Waals surface area contributed by atoms with Crippen LogP contribution in [0.2, 0.25) is 4.34 Å². The number of thiophene rings is 1. The average molecular weight is 326 g/mol. The highest BCUT2D eigenvalue weighted by atomic mass is 35.5. The monoisotopic (exact) mass is 325 g/mol. The average Bonchev–Trinajstić information content (AvgIpc) is 3.00. The van der Waals surface area contributed by atoms with Crippen LogP contribution in [0.3, 0.4) is 0 Å². The standard InChI is InChI=1S/C14H16ClN3S2/c1-17(2)6-7-18-10-11(9-16-18)4-5-12-8-13(19-3)20-14(12)15/h8-10H,6-7H2,1-3H3. The number of hydrogen-bond donors (Lipinski definition) is 0. The molecule has 0 aliphatic carbocycles. The molecule has 2 aromatic rings. The lowest BCUT2D eigenvalue weighted by Gasteiger charge is -2.08. The first-order valence-electron chi connectivity index (χ1n) is 6.11. The van der Waals surface area contributed by atoms with Crippen molar-refractivity contribution in [1.29, 1.82) is 0 Å². The summed E-state index contributed by atoms with van der Waals surface area (Å²) in [4.78, 5) is 2.13. The summed E-state index contributed by atoms with van der Waals surface area (Å²) in [6.45, 7) is 1.83. The van der Waals surface area contributed by atoms with Crippen molar-refractivity contribution in [2.75, 3.05) is 26.9 Å². The molecule has 0 unspecified atom stereocenters. The molecule has 0 aromatic carbocycles. The molecule has 20 heavy (non-hydrogen) atoms. The van der Waals surface area contributed by atoms with Gasteiger partial charge in [0.05, 0.1) is 28.1 Å². The summed E-state index contributed by atoms with van der Waals surface area (Å²) < 4.78 is 3.84. The number of nitrogens with zero attached hydrogens (tertiary/aromatic N) is 3. The molecular weight excluding hydrogens is 310 g/mol. The molecule has 0 spiro atoms. The molecule has 0 N–H and O–H groups in total. The van der Waals surface area contributed by atoms with Crippen molar-refractivity contribution in [3.05, 3.63) is 33.9 Å². The van der Waals surface area contributed by atoms with Gasteiger partial charge in [-0.05, 0) is 26.4 Å². The Morgan fingerprint density at radius 1 is 1.45 bits per heavy atom. The molecule has 0 atom stereocenters. The summed E-state index contributed by atoms with van der Waals surface area (Å²) >= 11 is 9.41. The van der Waals surface area contributed by atoms with Gasteiger partial charge in [0.15, 0.2) is 0 Å². The van der Waals surface area contributed by atoms with Gasteiger partial charge in [0.2, 0.25) is 0 Å². The summed E-state index contributed by atoms with van der Waals surface area (Å²) in [5.41, 5.74) is 1.80. The van der Waals surface area contributed by atoms with E-state index in [0.717, 1.165) is 28.6 Å². The first-order chi connectivity index (χ1) is 9.58. The third-order valence-electron chi connectivity index (χ3n) is 2.62. The number of aromatic nitrogens is 2. The van der Waals surface area contributed by atoms with Crippen LogP contribution in [0.1, 0.15) is 11.1 Å². The van der Waals surface area contributed by atoms with Gasteiger partial charge in [0.1, 0.15) is 4.34 Å². The minimum atomic E-state index is 0.752. The number of likely N-dealkylation sites (N-methyl/N-ethyl adjacent to an activating group) is 1. The van der Waals surface area contributed by atoms with Crippen molar-refractivity contribution >= 4 is 34.7 Å². The molecule has 0 radical (unpaired) electrons. The molecule has 2 aromatic heterocycles. The molecule has 0 saturated carbocycles. The molecule has 0 saturated heterocycles. The molecule has 106 valence electrons. The van der Waals surface area contributed by atoms with Gasteiger partial charge in [-0.3, -0.25) is 4.68 Å². The van der Waals surface area contributed by atoms with Crippen LogP contribution < -0.4 is 0 Å². The van der Waals surface area contributed by atoms with Crippen LogP contribution in [0.25, 0.3) is 0 Å². The Morgan fingerprint density at radius 3 is 2.90 bits per heavy atom. The van der Waals surface area contributed by atoms with E-state index in [-0.39, 0.29) is 0 Å². The lowest BCUT2D eigenvalue weighted by molar-refractivity contribution is 0.373. The summed E-state index contributed by atoms with van der Waals surface area (Å²) in [5, 5.41) is 4.30. The Balaban J connectivity index is 2.06. The number of thioether (sulfide) groups is 1. The Hall–Kier alpha value is -0.930. The van der Waals surface area contributed by atoms with Crippen LogP contribution in [-0.2, 0) is 6.54 Å². The van der Waals surface area contributed by atoms with Crippen molar-refractivity contribution < 1.29 is 0 Å². The van der Waals surface area contributed by atoms with E-state index in [1.165, 1.54) is 4.21 Å². The highest BCUT2D eigenvalue weighted by molar-refractivity contribution is 8.00. The van der Waals surface area contributed by atoms with E-state index < -0.39 is 0 Å². The maximum Gasteiger partial charge on any atom is 0.110 e. The normalized spacial score (nSPS) is 10.7. The summed E-state index contributed by atoms with van der Waals surface area (Å²) in [6, 6.07) is 2.03. The molecule has 6 heteroatoms.